The standard InChI is InChI=1S/C27H22F3NO4/c1-14(2)19-12-16(6-11-22(19)35-3)25(32)23-24(15-4-7-17(28)8-5-15)31(27(34)26(23)33)18-9-10-20(29)21(30)13-18/h4-14,24,32H,1-3H3/b25-23-. The molecule has 1 aliphatic rings. The molecule has 1 amide bonds. The highest BCUT2D eigenvalue weighted by Gasteiger charge is 2.47. The number of carbonyl (C=O) groups is 2. The molecule has 1 saturated heterocycles. The summed E-state index contributed by atoms with van der Waals surface area (Å²) in [5.74, 6) is -4.76. The zero-order valence-corrected chi connectivity index (χ0v) is 19.2. The normalized spacial score (nSPS) is 17.3. The smallest absolute Gasteiger partial charge is 0.300 e. The summed E-state index contributed by atoms with van der Waals surface area (Å²) in [6.07, 6.45) is 0. The van der Waals surface area contributed by atoms with E-state index in [1.807, 2.05) is 13.8 Å². The lowest BCUT2D eigenvalue weighted by molar-refractivity contribution is -0.132. The summed E-state index contributed by atoms with van der Waals surface area (Å²) < 4.78 is 46.6. The number of carbonyl (C=O) groups excluding carboxylic acids is 2. The highest BCUT2D eigenvalue weighted by molar-refractivity contribution is 6.51. The molecule has 1 heterocycles. The molecule has 0 aromatic heterocycles. The van der Waals surface area contributed by atoms with E-state index < -0.39 is 40.9 Å². The van der Waals surface area contributed by atoms with Crippen molar-refractivity contribution in [2.75, 3.05) is 12.0 Å². The SMILES string of the molecule is COc1ccc(/C(O)=C2/C(=O)C(=O)N(c3ccc(F)c(F)c3)C2c2ccc(F)cc2)cc1C(C)C. The van der Waals surface area contributed by atoms with E-state index in [0.717, 1.165) is 40.8 Å². The fourth-order valence-electron chi connectivity index (χ4n) is 4.18. The average Bonchev–Trinajstić information content (AvgIpc) is 3.10. The largest absolute Gasteiger partial charge is 0.507 e. The number of nitrogens with zero attached hydrogens (tertiary/aromatic N) is 1. The minimum absolute atomic E-state index is 0.0233. The van der Waals surface area contributed by atoms with Crippen LogP contribution in [0.4, 0.5) is 18.9 Å². The second-order valence-corrected chi connectivity index (χ2v) is 8.43. The topological polar surface area (TPSA) is 66.8 Å². The van der Waals surface area contributed by atoms with Gasteiger partial charge < -0.3 is 9.84 Å². The van der Waals surface area contributed by atoms with E-state index in [2.05, 4.69) is 0 Å². The fraction of sp³-hybridized carbons (Fsp3) is 0.185. The first-order valence-electron chi connectivity index (χ1n) is 10.8. The van der Waals surface area contributed by atoms with Gasteiger partial charge in [-0.3, -0.25) is 14.5 Å². The zero-order valence-electron chi connectivity index (χ0n) is 19.2. The number of benzene rings is 3. The second-order valence-electron chi connectivity index (χ2n) is 8.43. The molecule has 1 N–H and O–H groups in total. The van der Waals surface area contributed by atoms with Crippen LogP contribution in [0.3, 0.4) is 0 Å². The molecule has 0 spiro atoms. The molecule has 4 rings (SSSR count). The van der Waals surface area contributed by atoms with Crippen LogP contribution in [0.1, 0.15) is 42.5 Å². The maximum Gasteiger partial charge on any atom is 0.300 e. The van der Waals surface area contributed by atoms with Crippen LogP contribution in [0.15, 0.2) is 66.2 Å². The zero-order chi connectivity index (χ0) is 25.4. The van der Waals surface area contributed by atoms with E-state index >= 15 is 0 Å². The van der Waals surface area contributed by atoms with Gasteiger partial charge in [-0.2, -0.15) is 0 Å². The second kappa shape index (κ2) is 9.29. The fourth-order valence-corrected chi connectivity index (χ4v) is 4.18. The molecule has 0 bridgehead atoms. The van der Waals surface area contributed by atoms with Gasteiger partial charge in [0.1, 0.15) is 17.3 Å². The third-order valence-electron chi connectivity index (χ3n) is 5.94. The number of methoxy groups -OCH3 is 1. The predicted octanol–water partition coefficient (Wildman–Crippen LogP) is 5.86. The molecule has 0 aliphatic carbocycles. The van der Waals surface area contributed by atoms with Crippen LogP contribution in [0.2, 0.25) is 0 Å². The van der Waals surface area contributed by atoms with Gasteiger partial charge in [-0.1, -0.05) is 26.0 Å². The number of hydrogen-bond acceptors (Lipinski definition) is 4. The predicted molar refractivity (Wildman–Crippen MR) is 125 cm³/mol. The summed E-state index contributed by atoms with van der Waals surface area (Å²) in [5.41, 5.74) is 0.993. The van der Waals surface area contributed by atoms with E-state index in [1.165, 1.54) is 19.2 Å². The van der Waals surface area contributed by atoms with E-state index in [1.54, 1.807) is 18.2 Å². The Balaban J connectivity index is 1.95. The number of rotatable bonds is 5. The third-order valence-corrected chi connectivity index (χ3v) is 5.94. The number of Topliss-reactive ketones (excluding diaryl/α,β-unsaturated/α-hetero) is 1. The third kappa shape index (κ3) is 4.27. The van der Waals surface area contributed by atoms with Gasteiger partial charge in [0, 0.05) is 17.3 Å². The van der Waals surface area contributed by atoms with E-state index in [9.17, 15) is 27.9 Å². The first-order valence-corrected chi connectivity index (χ1v) is 10.8. The van der Waals surface area contributed by atoms with Crippen LogP contribution in [0.25, 0.3) is 5.76 Å². The number of halogens is 3. The Kier molecular flexibility index (Phi) is 6.39. The van der Waals surface area contributed by atoms with Gasteiger partial charge >= 0.3 is 0 Å². The molecule has 3 aromatic carbocycles. The molecular formula is C27H22F3NO4. The summed E-state index contributed by atoms with van der Waals surface area (Å²) in [4.78, 5) is 27.2. The van der Waals surface area contributed by atoms with Crippen molar-refractivity contribution in [2.24, 2.45) is 0 Å². The molecule has 1 aliphatic heterocycles. The van der Waals surface area contributed by atoms with Gasteiger partial charge in [-0.15, -0.1) is 0 Å². The molecule has 1 atom stereocenters. The highest BCUT2D eigenvalue weighted by Crippen LogP contribution is 2.43. The van der Waals surface area contributed by atoms with Crippen LogP contribution in [-0.2, 0) is 9.59 Å². The van der Waals surface area contributed by atoms with Crippen molar-refractivity contribution in [3.8, 4) is 5.75 Å². The first kappa shape index (κ1) is 24.1. The molecule has 3 aromatic rings. The van der Waals surface area contributed by atoms with Gasteiger partial charge in [0.25, 0.3) is 11.7 Å². The summed E-state index contributed by atoms with van der Waals surface area (Å²) in [7, 11) is 1.52. The molecule has 0 saturated carbocycles. The van der Waals surface area contributed by atoms with Crippen molar-refractivity contribution in [2.45, 2.75) is 25.8 Å². The molecule has 5 nitrogen and oxygen atoms in total. The first-order chi connectivity index (χ1) is 16.6. The Bertz CT molecular complexity index is 1350. The van der Waals surface area contributed by atoms with Crippen molar-refractivity contribution in [1.82, 2.24) is 0 Å². The van der Waals surface area contributed by atoms with E-state index in [-0.39, 0.29) is 22.7 Å². The number of ether oxygens (including phenoxy) is 1. The lowest BCUT2D eigenvalue weighted by atomic mass is 9.93. The number of aliphatic hydroxyl groups is 1. The van der Waals surface area contributed by atoms with Crippen molar-refractivity contribution in [1.29, 1.82) is 0 Å². The monoisotopic (exact) mass is 481 g/mol. The lowest BCUT2D eigenvalue weighted by Crippen LogP contribution is -2.29. The maximum absolute atomic E-state index is 14.0. The van der Waals surface area contributed by atoms with E-state index in [4.69, 9.17) is 4.74 Å². The van der Waals surface area contributed by atoms with Crippen molar-refractivity contribution in [3.05, 3.63) is 100 Å². The Morgan fingerprint density at radius 1 is 0.943 bits per heavy atom. The number of anilines is 1. The van der Waals surface area contributed by atoms with Crippen molar-refractivity contribution >= 4 is 23.1 Å². The van der Waals surface area contributed by atoms with Gasteiger partial charge in [0.05, 0.1) is 18.7 Å². The quantitative estimate of drug-likeness (QED) is 0.282. The minimum Gasteiger partial charge on any atom is -0.507 e. The number of amides is 1. The average molecular weight is 481 g/mol. The molecule has 35 heavy (non-hydrogen) atoms. The molecular weight excluding hydrogens is 459 g/mol. The number of hydrogen-bond donors (Lipinski definition) is 1. The number of aliphatic hydroxyl groups excluding tert-OH is 1. The Hall–Kier alpha value is -4.07. The molecule has 0 radical (unpaired) electrons. The van der Waals surface area contributed by atoms with Crippen LogP contribution in [0, 0.1) is 17.5 Å². The van der Waals surface area contributed by atoms with Crippen molar-refractivity contribution < 1.29 is 32.6 Å². The Labute approximate surface area is 200 Å². The Morgan fingerprint density at radius 2 is 1.63 bits per heavy atom. The van der Waals surface area contributed by atoms with Gasteiger partial charge in [-0.25, -0.2) is 13.2 Å². The van der Waals surface area contributed by atoms with Crippen LogP contribution in [0.5, 0.6) is 5.75 Å². The van der Waals surface area contributed by atoms with Gasteiger partial charge in [-0.05, 0) is 59.5 Å². The molecule has 1 unspecified atom stereocenters. The van der Waals surface area contributed by atoms with E-state index in [0.29, 0.717) is 11.3 Å². The summed E-state index contributed by atoms with van der Waals surface area (Å²) in [6, 6.07) is 11.4. The molecule has 180 valence electrons. The van der Waals surface area contributed by atoms with Crippen LogP contribution < -0.4 is 9.64 Å². The van der Waals surface area contributed by atoms with Crippen LogP contribution >= 0.6 is 0 Å². The van der Waals surface area contributed by atoms with Crippen molar-refractivity contribution in [3.63, 3.8) is 0 Å². The maximum atomic E-state index is 14.0. The minimum atomic E-state index is -1.21. The lowest BCUT2D eigenvalue weighted by Gasteiger charge is -2.25. The van der Waals surface area contributed by atoms with Gasteiger partial charge in [0.2, 0.25) is 0 Å². The highest BCUT2D eigenvalue weighted by atomic mass is 19.2. The summed E-state index contributed by atoms with van der Waals surface area (Å²) >= 11 is 0. The summed E-state index contributed by atoms with van der Waals surface area (Å²) in [6.45, 7) is 3.87. The molecule has 1 fully saturated rings. The van der Waals surface area contributed by atoms with Crippen LogP contribution in [-0.4, -0.2) is 23.9 Å². The molecule has 8 heteroatoms. The Morgan fingerprint density at radius 3 is 2.23 bits per heavy atom. The van der Waals surface area contributed by atoms with Gasteiger partial charge in [0.15, 0.2) is 11.6 Å². The number of ketones is 1. The summed E-state index contributed by atoms with van der Waals surface area (Å²) in [5, 5.41) is 11.3.